The Bertz CT molecular complexity index is 626. The topological polar surface area (TPSA) is 92.1 Å². The summed E-state index contributed by atoms with van der Waals surface area (Å²) in [7, 11) is 1.77. The quantitative estimate of drug-likeness (QED) is 0.753. The van der Waals surface area contributed by atoms with Crippen LogP contribution < -0.4 is 10.6 Å². The Labute approximate surface area is 135 Å². The van der Waals surface area contributed by atoms with E-state index in [-0.39, 0.29) is 24.5 Å². The maximum Gasteiger partial charge on any atom is 0.315 e. The predicted octanol–water partition coefficient (Wildman–Crippen LogP) is 1.54. The fourth-order valence-corrected chi connectivity index (χ4v) is 2.25. The first-order valence-corrected chi connectivity index (χ1v) is 7.59. The summed E-state index contributed by atoms with van der Waals surface area (Å²) in [6.45, 7) is 4.15. The lowest BCUT2D eigenvalue weighted by molar-refractivity contribution is 0.172. The van der Waals surface area contributed by atoms with E-state index in [1.807, 2.05) is 32.0 Å². The number of hydrogen-bond donors (Lipinski definition) is 3. The Kier molecular flexibility index (Phi) is 5.70. The van der Waals surface area contributed by atoms with Gasteiger partial charge in [0.05, 0.1) is 24.0 Å². The van der Waals surface area contributed by atoms with Gasteiger partial charge in [-0.2, -0.15) is 5.10 Å². The second-order valence-corrected chi connectivity index (χ2v) is 5.79. The van der Waals surface area contributed by atoms with Crippen molar-refractivity contribution < 1.29 is 9.90 Å². The fourth-order valence-electron chi connectivity index (χ4n) is 2.25. The van der Waals surface area contributed by atoms with Crippen molar-refractivity contribution in [2.45, 2.75) is 26.0 Å². The molecule has 0 fully saturated rings. The lowest BCUT2D eigenvalue weighted by Crippen LogP contribution is -2.41. The average Bonchev–Trinajstić information content (AvgIpc) is 2.97. The minimum absolute atomic E-state index is 0.116. The molecule has 0 unspecified atom stereocenters. The monoisotopic (exact) mass is 317 g/mol. The number of nitrogens with zero attached hydrogens (tertiary/aromatic N) is 3. The van der Waals surface area contributed by atoms with Crippen LogP contribution in [0.2, 0.25) is 0 Å². The van der Waals surface area contributed by atoms with Crippen molar-refractivity contribution in [2.75, 3.05) is 6.54 Å². The summed E-state index contributed by atoms with van der Waals surface area (Å²) in [4.78, 5) is 16.4. The largest absolute Gasteiger partial charge is 0.386 e. The van der Waals surface area contributed by atoms with Crippen LogP contribution in [0.5, 0.6) is 0 Å². The molecule has 2 rings (SSSR count). The normalized spacial score (nSPS) is 13.6. The summed E-state index contributed by atoms with van der Waals surface area (Å²) in [5, 5.41) is 19.6. The number of carbonyl (C=O) groups is 1. The van der Waals surface area contributed by atoms with E-state index in [1.54, 1.807) is 30.3 Å². The van der Waals surface area contributed by atoms with Crippen molar-refractivity contribution in [1.29, 1.82) is 0 Å². The zero-order chi connectivity index (χ0) is 16.8. The SMILES string of the molecule is CC(C)[C@@H](NC(=O)NC[C@H](O)c1cnn(C)c1)c1ccccn1. The van der Waals surface area contributed by atoms with Crippen LogP contribution in [0.15, 0.2) is 36.8 Å². The first kappa shape index (κ1) is 17.0. The molecule has 0 aliphatic rings. The number of rotatable bonds is 6. The molecule has 2 atom stereocenters. The third-order valence-electron chi connectivity index (χ3n) is 3.53. The minimum Gasteiger partial charge on any atom is -0.386 e. The Hall–Kier alpha value is -2.41. The van der Waals surface area contributed by atoms with Crippen LogP contribution in [0.25, 0.3) is 0 Å². The summed E-state index contributed by atoms with van der Waals surface area (Å²) in [6, 6.07) is 5.09. The highest BCUT2D eigenvalue weighted by Gasteiger charge is 2.20. The fraction of sp³-hybridized carbons (Fsp3) is 0.438. The average molecular weight is 317 g/mol. The third-order valence-corrected chi connectivity index (χ3v) is 3.53. The van der Waals surface area contributed by atoms with Crippen molar-refractivity contribution in [3.8, 4) is 0 Å². The van der Waals surface area contributed by atoms with Crippen LogP contribution in [0.3, 0.4) is 0 Å². The molecule has 23 heavy (non-hydrogen) atoms. The number of amides is 2. The van der Waals surface area contributed by atoms with Gasteiger partial charge in [-0.05, 0) is 18.1 Å². The van der Waals surface area contributed by atoms with Gasteiger partial charge in [0.2, 0.25) is 0 Å². The maximum absolute atomic E-state index is 12.1. The number of nitrogens with one attached hydrogen (secondary N) is 2. The van der Waals surface area contributed by atoms with Crippen molar-refractivity contribution in [3.05, 3.63) is 48.0 Å². The maximum atomic E-state index is 12.1. The van der Waals surface area contributed by atoms with Crippen LogP contribution in [0.1, 0.15) is 37.3 Å². The minimum atomic E-state index is -0.790. The number of aliphatic hydroxyl groups is 1. The smallest absolute Gasteiger partial charge is 0.315 e. The van der Waals surface area contributed by atoms with E-state index in [1.165, 1.54) is 0 Å². The highest BCUT2D eigenvalue weighted by atomic mass is 16.3. The van der Waals surface area contributed by atoms with E-state index < -0.39 is 6.10 Å². The molecule has 0 radical (unpaired) electrons. The molecule has 0 saturated heterocycles. The van der Waals surface area contributed by atoms with E-state index in [4.69, 9.17) is 0 Å². The zero-order valence-corrected chi connectivity index (χ0v) is 13.6. The van der Waals surface area contributed by atoms with Crippen LogP contribution in [-0.2, 0) is 7.05 Å². The summed E-state index contributed by atoms with van der Waals surface area (Å²) >= 11 is 0. The van der Waals surface area contributed by atoms with E-state index in [0.29, 0.717) is 5.56 Å². The van der Waals surface area contributed by atoms with Crippen molar-refractivity contribution in [1.82, 2.24) is 25.4 Å². The van der Waals surface area contributed by atoms with Gasteiger partial charge < -0.3 is 15.7 Å². The molecule has 0 saturated carbocycles. The standard InChI is InChI=1S/C16H23N5O2/c1-11(2)15(13-6-4-5-7-17-13)20-16(23)18-9-14(22)12-8-19-21(3)10-12/h4-8,10-11,14-15,22H,9H2,1-3H3,(H2,18,20,23)/t14-,15+/m0/s1. The van der Waals surface area contributed by atoms with Gasteiger partial charge in [0.15, 0.2) is 0 Å². The van der Waals surface area contributed by atoms with Gasteiger partial charge in [-0.3, -0.25) is 9.67 Å². The molecule has 124 valence electrons. The van der Waals surface area contributed by atoms with Gasteiger partial charge in [0.25, 0.3) is 0 Å². The van der Waals surface area contributed by atoms with Crippen molar-refractivity contribution >= 4 is 6.03 Å². The van der Waals surface area contributed by atoms with Gasteiger partial charge >= 0.3 is 6.03 Å². The number of hydrogen-bond acceptors (Lipinski definition) is 4. The highest BCUT2D eigenvalue weighted by molar-refractivity contribution is 5.74. The Morgan fingerprint density at radius 2 is 2.17 bits per heavy atom. The molecule has 2 aromatic heterocycles. The summed E-state index contributed by atoms with van der Waals surface area (Å²) in [6.07, 6.45) is 4.21. The number of aryl methyl sites for hydroxylation is 1. The Morgan fingerprint density at radius 3 is 2.74 bits per heavy atom. The molecule has 2 heterocycles. The lowest BCUT2D eigenvalue weighted by atomic mass is 10.0. The molecule has 7 heteroatoms. The number of aliphatic hydroxyl groups excluding tert-OH is 1. The molecule has 0 spiro atoms. The van der Waals surface area contributed by atoms with Crippen LogP contribution in [0.4, 0.5) is 4.79 Å². The summed E-state index contributed by atoms with van der Waals surface area (Å²) in [5.74, 6) is 0.193. The van der Waals surface area contributed by atoms with E-state index in [0.717, 1.165) is 5.69 Å². The van der Waals surface area contributed by atoms with Crippen molar-refractivity contribution in [2.24, 2.45) is 13.0 Å². The molecule has 0 aliphatic carbocycles. The molecular weight excluding hydrogens is 294 g/mol. The molecule has 0 aromatic carbocycles. The number of urea groups is 1. The second-order valence-electron chi connectivity index (χ2n) is 5.79. The zero-order valence-electron chi connectivity index (χ0n) is 13.6. The van der Waals surface area contributed by atoms with Gasteiger partial charge in [0.1, 0.15) is 0 Å². The van der Waals surface area contributed by atoms with Gasteiger partial charge in [-0.1, -0.05) is 19.9 Å². The van der Waals surface area contributed by atoms with Crippen molar-refractivity contribution in [3.63, 3.8) is 0 Å². The Morgan fingerprint density at radius 1 is 1.39 bits per heavy atom. The van der Waals surface area contributed by atoms with Crippen LogP contribution in [0, 0.1) is 5.92 Å². The van der Waals surface area contributed by atoms with Crippen LogP contribution >= 0.6 is 0 Å². The molecule has 0 aliphatic heterocycles. The summed E-state index contributed by atoms with van der Waals surface area (Å²) in [5.41, 5.74) is 1.48. The molecule has 2 amide bonds. The van der Waals surface area contributed by atoms with E-state index in [2.05, 4.69) is 20.7 Å². The number of carbonyl (C=O) groups excluding carboxylic acids is 1. The molecule has 2 aromatic rings. The van der Waals surface area contributed by atoms with Gasteiger partial charge in [0, 0.05) is 31.5 Å². The van der Waals surface area contributed by atoms with E-state index >= 15 is 0 Å². The van der Waals surface area contributed by atoms with Crippen LogP contribution in [-0.4, -0.2) is 32.4 Å². The molecule has 3 N–H and O–H groups in total. The molecule has 0 bridgehead atoms. The Balaban J connectivity index is 1.90. The first-order valence-electron chi connectivity index (χ1n) is 7.59. The predicted molar refractivity (Wildman–Crippen MR) is 86.5 cm³/mol. The third kappa shape index (κ3) is 4.79. The first-order chi connectivity index (χ1) is 11.0. The highest BCUT2D eigenvalue weighted by Crippen LogP contribution is 2.19. The van der Waals surface area contributed by atoms with E-state index in [9.17, 15) is 9.90 Å². The number of pyridine rings is 1. The molecular formula is C16H23N5O2. The summed E-state index contributed by atoms with van der Waals surface area (Å²) < 4.78 is 1.61. The number of aromatic nitrogens is 3. The molecule has 7 nitrogen and oxygen atoms in total. The van der Waals surface area contributed by atoms with Gasteiger partial charge in [-0.25, -0.2) is 4.79 Å². The van der Waals surface area contributed by atoms with Gasteiger partial charge in [-0.15, -0.1) is 0 Å². The lowest BCUT2D eigenvalue weighted by Gasteiger charge is -2.22. The second kappa shape index (κ2) is 7.73.